The average Bonchev–Trinajstić information content (AvgIpc) is 3.02. The number of urea groups is 1. The summed E-state index contributed by atoms with van der Waals surface area (Å²) in [6.45, 7) is -0.0701. The highest BCUT2D eigenvalue weighted by Gasteiger charge is 2.49. The third kappa shape index (κ3) is 5.45. The number of aliphatic hydroxyl groups excluding tert-OH is 1. The van der Waals surface area contributed by atoms with Crippen molar-refractivity contribution in [2.75, 3.05) is 20.3 Å². The van der Waals surface area contributed by atoms with Crippen LogP contribution in [0.1, 0.15) is 25.0 Å². The van der Waals surface area contributed by atoms with Gasteiger partial charge in [-0.15, -0.1) is 0 Å². The number of imide groups is 1. The highest BCUT2D eigenvalue weighted by molar-refractivity contribution is 6.07. The van der Waals surface area contributed by atoms with Gasteiger partial charge < -0.3 is 24.6 Å². The summed E-state index contributed by atoms with van der Waals surface area (Å²) in [4.78, 5) is 26.4. The second-order valence-corrected chi connectivity index (χ2v) is 7.75. The molecule has 0 bridgehead atoms. The van der Waals surface area contributed by atoms with Crippen LogP contribution in [-0.4, -0.2) is 54.9 Å². The van der Waals surface area contributed by atoms with Crippen molar-refractivity contribution in [3.63, 3.8) is 0 Å². The van der Waals surface area contributed by atoms with Crippen LogP contribution in [0.2, 0.25) is 0 Å². The van der Waals surface area contributed by atoms with Gasteiger partial charge in [0.1, 0.15) is 24.0 Å². The zero-order valence-electron chi connectivity index (χ0n) is 19.0. The van der Waals surface area contributed by atoms with Gasteiger partial charge in [0.2, 0.25) is 0 Å². The zero-order chi connectivity index (χ0) is 24.9. The lowest BCUT2D eigenvalue weighted by Gasteiger charge is -2.23. The fourth-order valence-corrected chi connectivity index (χ4v) is 3.58. The van der Waals surface area contributed by atoms with Crippen LogP contribution in [0, 0.1) is 0 Å². The molecular weight excluding hydrogens is 450 g/mol. The number of nitrogens with zero attached hydrogens (tertiary/aromatic N) is 1. The van der Waals surface area contributed by atoms with Gasteiger partial charge in [-0.3, -0.25) is 9.69 Å². The number of aliphatic hydroxyl groups is 1. The van der Waals surface area contributed by atoms with Crippen molar-refractivity contribution in [2.24, 2.45) is 0 Å². The van der Waals surface area contributed by atoms with Gasteiger partial charge in [0, 0.05) is 0 Å². The maximum Gasteiger partial charge on any atom is 0.387 e. The summed E-state index contributed by atoms with van der Waals surface area (Å²) >= 11 is 0. The predicted octanol–water partition coefficient (Wildman–Crippen LogP) is 3.54. The van der Waals surface area contributed by atoms with Crippen LogP contribution in [0.25, 0.3) is 6.08 Å². The molecule has 8 nitrogen and oxygen atoms in total. The first-order valence-electron chi connectivity index (χ1n) is 10.5. The first-order valence-corrected chi connectivity index (χ1v) is 10.5. The van der Waals surface area contributed by atoms with Crippen LogP contribution < -0.4 is 19.5 Å². The van der Waals surface area contributed by atoms with Gasteiger partial charge in [-0.25, -0.2) is 4.79 Å². The number of carbonyl (C=O) groups excluding carboxylic acids is 2. The molecule has 1 aliphatic rings. The van der Waals surface area contributed by atoms with Crippen molar-refractivity contribution < 1.29 is 37.7 Å². The topological polar surface area (TPSA) is 97.3 Å². The molecule has 2 aromatic carbocycles. The number of methoxy groups -OCH3 is 1. The molecule has 0 radical (unpaired) electrons. The van der Waals surface area contributed by atoms with Crippen molar-refractivity contribution in [1.29, 1.82) is 0 Å². The molecule has 1 heterocycles. The Bertz CT molecular complexity index is 1060. The van der Waals surface area contributed by atoms with Crippen LogP contribution in [0.5, 0.6) is 17.2 Å². The van der Waals surface area contributed by atoms with E-state index in [1.807, 2.05) is 25.1 Å². The van der Waals surface area contributed by atoms with Crippen molar-refractivity contribution >= 4 is 18.0 Å². The summed E-state index contributed by atoms with van der Waals surface area (Å²) in [6.07, 6.45) is 2.62. The molecule has 3 rings (SSSR count). The van der Waals surface area contributed by atoms with Crippen LogP contribution >= 0.6 is 0 Å². The quantitative estimate of drug-likeness (QED) is 0.509. The van der Waals surface area contributed by atoms with Crippen LogP contribution in [0.4, 0.5) is 13.6 Å². The summed E-state index contributed by atoms with van der Waals surface area (Å²) in [5.74, 6) is 0.220. The fourth-order valence-electron chi connectivity index (χ4n) is 3.58. The standard InChI is InChI=1S/C24H26F2N2O6/c1-4-5-15-6-11-19(20(12-15)32-3)33-14-17(29)13-28-21(30)24(2,27-23(28)31)16-7-9-18(10-8-16)34-22(25)26/h4-12,17,22,29H,13-14H2,1-3H3,(H,27,31)/b5-4+. The summed E-state index contributed by atoms with van der Waals surface area (Å²) in [5, 5.41) is 13.0. The molecule has 3 amide bonds. The number of hydrogen-bond donors (Lipinski definition) is 2. The van der Waals surface area contributed by atoms with Crippen molar-refractivity contribution in [2.45, 2.75) is 32.1 Å². The predicted molar refractivity (Wildman–Crippen MR) is 120 cm³/mol. The SMILES string of the molecule is C/C=C/c1ccc(OCC(O)CN2C(=O)NC(C)(c3ccc(OC(F)F)cc3)C2=O)c(OC)c1. The van der Waals surface area contributed by atoms with E-state index in [9.17, 15) is 23.5 Å². The minimum absolute atomic E-state index is 0.0715. The second-order valence-electron chi connectivity index (χ2n) is 7.75. The smallest absolute Gasteiger partial charge is 0.387 e. The van der Waals surface area contributed by atoms with E-state index >= 15 is 0 Å². The molecule has 0 saturated carbocycles. The molecule has 1 saturated heterocycles. The van der Waals surface area contributed by atoms with Crippen LogP contribution in [0.3, 0.4) is 0 Å². The Hall–Kier alpha value is -3.66. The molecule has 1 aliphatic heterocycles. The summed E-state index contributed by atoms with van der Waals surface area (Å²) < 4.78 is 40.0. The number of hydrogen-bond acceptors (Lipinski definition) is 6. The number of β-amino-alcohol motifs (C(OH)–C–C–N with tert-alkyl or cyclic N) is 1. The van der Waals surface area contributed by atoms with E-state index in [1.54, 1.807) is 12.1 Å². The molecule has 34 heavy (non-hydrogen) atoms. The summed E-state index contributed by atoms with van der Waals surface area (Å²) in [5.41, 5.74) is -0.126. The number of amides is 3. The summed E-state index contributed by atoms with van der Waals surface area (Å²) in [6, 6.07) is 10.0. The van der Waals surface area contributed by atoms with Crippen molar-refractivity contribution in [3.8, 4) is 17.2 Å². The van der Waals surface area contributed by atoms with Gasteiger partial charge in [0.05, 0.1) is 13.7 Å². The maximum absolute atomic E-state index is 13.0. The molecule has 2 atom stereocenters. The van der Waals surface area contributed by atoms with Gasteiger partial charge in [0.15, 0.2) is 11.5 Å². The number of alkyl halides is 2. The van der Waals surface area contributed by atoms with Gasteiger partial charge in [-0.05, 0) is 49.2 Å². The number of halogens is 2. The van der Waals surface area contributed by atoms with E-state index in [4.69, 9.17) is 9.47 Å². The highest BCUT2D eigenvalue weighted by atomic mass is 19.3. The Morgan fingerprint density at radius 1 is 1.15 bits per heavy atom. The van der Waals surface area contributed by atoms with Crippen molar-refractivity contribution in [1.82, 2.24) is 10.2 Å². The number of ether oxygens (including phenoxy) is 3. The molecule has 2 N–H and O–H groups in total. The lowest BCUT2D eigenvalue weighted by Crippen LogP contribution is -2.42. The monoisotopic (exact) mass is 476 g/mol. The minimum atomic E-state index is -2.97. The third-order valence-electron chi connectivity index (χ3n) is 5.30. The van der Waals surface area contributed by atoms with Crippen molar-refractivity contribution in [3.05, 3.63) is 59.7 Å². The summed E-state index contributed by atoms with van der Waals surface area (Å²) in [7, 11) is 1.50. The van der Waals surface area contributed by atoms with Gasteiger partial charge in [0.25, 0.3) is 5.91 Å². The third-order valence-corrected chi connectivity index (χ3v) is 5.30. The highest BCUT2D eigenvalue weighted by Crippen LogP contribution is 2.31. The molecular formula is C24H26F2N2O6. The van der Waals surface area contributed by atoms with E-state index in [2.05, 4.69) is 10.1 Å². The first kappa shape index (κ1) is 25.0. The van der Waals surface area contributed by atoms with E-state index in [0.29, 0.717) is 17.1 Å². The van der Waals surface area contributed by atoms with Gasteiger partial charge >= 0.3 is 12.6 Å². The molecule has 0 aromatic heterocycles. The molecule has 1 fully saturated rings. The Morgan fingerprint density at radius 3 is 2.47 bits per heavy atom. The molecule has 0 aliphatic carbocycles. The minimum Gasteiger partial charge on any atom is -0.493 e. The Kier molecular flexibility index (Phi) is 7.72. The molecule has 2 aromatic rings. The second kappa shape index (κ2) is 10.5. The Morgan fingerprint density at radius 2 is 1.85 bits per heavy atom. The fraction of sp³-hybridized carbons (Fsp3) is 0.333. The first-order chi connectivity index (χ1) is 16.2. The average molecular weight is 476 g/mol. The van der Waals surface area contributed by atoms with Crippen LogP contribution in [-0.2, 0) is 10.3 Å². The lowest BCUT2D eigenvalue weighted by atomic mass is 9.92. The Labute approximate surface area is 195 Å². The number of carbonyl (C=O) groups is 2. The van der Waals surface area contributed by atoms with Crippen LogP contribution in [0.15, 0.2) is 48.5 Å². The number of rotatable bonds is 10. The molecule has 2 unspecified atom stereocenters. The maximum atomic E-state index is 13.0. The Balaban J connectivity index is 1.64. The molecule has 0 spiro atoms. The lowest BCUT2D eigenvalue weighted by molar-refractivity contribution is -0.132. The van der Waals surface area contributed by atoms with E-state index in [0.717, 1.165) is 10.5 Å². The van der Waals surface area contributed by atoms with E-state index in [1.165, 1.54) is 38.3 Å². The van der Waals surface area contributed by atoms with E-state index in [-0.39, 0.29) is 18.9 Å². The number of nitrogens with one attached hydrogen (secondary N) is 1. The number of benzene rings is 2. The molecule has 10 heteroatoms. The largest absolute Gasteiger partial charge is 0.493 e. The normalized spacial score (nSPS) is 19.0. The van der Waals surface area contributed by atoms with Gasteiger partial charge in [-0.1, -0.05) is 30.4 Å². The number of allylic oxidation sites excluding steroid dienone is 1. The zero-order valence-corrected chi connectivity index (χ0v) is 19.0. The molecule has 182 valence electrons. The van der Waals surface area contributed by atoms with E-state index < -0.39 is 30.2 Å². The van der Waals surface area contributed by atoms with Gasteiger partial charge in [-0.2, -0.15) is 8.78 Å².